The van der Waals surface area contributed by atoms with E-state index in [1.807, 2.05) is 0 Å². The molecule has 0 spiro atoms. The van der Waals surface area contributed by atoms with Gasteiger partial charge < -0.3 is 15.2 Å². The minimum atomic E-state index is -1.11. The van der Waals surface area contributed by atoms with Gasteiger partial charge in [0.2, 0.25) is 0 Å². The summed E-state index contributed by atoms with van der Waals surface area (Å²) in [4.78, 5) is 23.3. The molecule has 5 nitrogen and oxygen atoms in total. The minimum absolute atomic E-state index is 0.0223. The smallest absolute Gasteiger partial charge is 0.337 e. The Kier molecular flexibility index (Phi) is 6.84. The summed E-state index contributed by atoms with van der Waals surface area (Å²) >= 11 is 3.20. The van der Waals surface area contributed by atoms with Crippen LogP contribution in [-0.4, -0.2) is 30.7 Å². The molecule has 1 rings (SSSR count). The zero-order chi connectivity index (χ0) is 15.8. The van der Waals surface area contributed by atoms with E-state index in [1.165, 1.54) is 12.1 Å². The molecule has 0 aromatic heterocycles. The van der Waals surface area contributed by atoms with Gasteiger partial charge in [-0.3, -0.25) is 4.79 Å². The second kappa shape index (κ2) is 8.39. The fourth-order valence-corrected chi connectivity index (χ4v) is 1.93. The molecule has 112 valence electrons. The van der Waals surface area contributed by atoms with Gasteiger partial charge in [0.1, 0.15) is 0 Å². The van der Waals surface area contributed by atoms with Crippen molar-refractivity contribution in [2.75, 3.05) is 19.0 Å². The SMILES string of the molecule is C/C=C(\C=C/COC)C(=O)Nc1ccc(Br)cc1C(=O)O. The van der Waals surface area contributed by atoms with Gasteiger partial charge in [0.05, 0.1) is 17.9 Å². The average Bonchev–Trinajstić information content (AvgIpc) is 2.45. The van der Waals surface area contributed by atoms with Gasteiger partial charge in [0, 0.05) is 17.2 Å². The Morgan fingerprint density at radius 2 is 2.14 bits per heavy atom. The quantitative estimate of drug-likeness (QED) is 0.608. The first kappa shape index (κ1) is 17.1. The molecule has 0 saturated heterocycles. The molecule has 0 fully saturated rings. The number of nitrogens with one attached hydrogen (secondary N) is 1. The predicted octanol–water partition coefficient (Wildman–Crippen LogP) is 3.23. The summed E-state index contributed by atoms with van der Waals surface area (Å²) in [5.74, 6) is -1.49. The maximum absolute atomic E-state index is 12.1. The van der Waals surface area contributed by atoms with Gasteiger partial charge in [0.25, 0.3) is 5.91 Å². The van der Waals surface area contributed by atoms with Crippen LogP contribution in [0.25, 0.3) is 0 Å². The summed E-state index contributed by atoms with van der Waals surface area (Å²) in [6, 6.07) is 4.64. The molecule has 1 amide bonds. The van der Waals surface area contributed by atoms with Crippen molar-refractivity contribution in [1.82, 2.24) is 0 Å². The lowest BCUT2D eigenvalue weighted by Gasteiger charge is -2.09. The second-order valence-corrected chi connectivity index (χ2v) is 4.97. The van der Waals surface area contributed by atoms with Crippen LogP contribution in [0.5, 0.6) is 0 Å². The molecule has 0 radical (unpaired) electrons. The number of methoxy groups -OCH3 is 1. The highest BCUT2D eigenvalue weighted by atomic mass is 79.9. The number of anilines is 1. The summed E-state index contributed by atoms with van der Waals surface area (Å²) in [6.07, 6.45) is 4.97. The molecule has 6 heteroatoms. The van der Waals surface area contributed by atoms with E-state index in [4.69, 9.17) is 9.84 Å². The molecule has 0 atom stereocenters. The fraction of sp³-hybridized carbons (Fsp3) is 0.200. The van der Waals surface area contributed by atoms with Crippen molar-refractivity contribution in [2.24, 2.45) is 0 Å². The Balaban J connectivity index is 2.95. The van der Waals surface area contributed by atoms with E-state index in [0.717, 1.165) is 0 Å². The first-order chi connectivity index (χ1) is 9.99. The van der Waals surface area contributed by atoms with E-state index in [2.05, 4.69) is 21.2 Å². The van der Waals surface area contributed by atoms with Crippen LogP contribution in [0, 0.1) is 0 Å². The zero-order valence-corrected chi connectivity index (χ0v) is 13.3. The zero-order valence-electron chi connectivity index (χ0n) is 11.7. The van der Waals surface area contributed by atoms with Crippen molar-refractivity contribution in [2.45, 2.75) is 6.92 Å². The van der Waals surface area contributed by atoms with Gasteiger partial charge in [-0.2, -0.15) is 0 Å². The number of aromatic carboxylic acids is 1. The summed E-state index contributed by atoms with van der Waals surface area (Å²) in [7, 11) is 1.56. The number of hydrogen-bond donors (Lipinski definition) is 2. The van der Waals surface area contributed by atoms with Crippen molar-refractivity contribution < 1.29 is 19.4 Å². The highest BCUT2D eigenvalue weighted by Gasteiger charge is 2.14. The summed E-state index contributed by atoms with van der Waals surface area (Å²) < 4.78 is 5.50. The molecule has 0 saturated carbocycles. The first-order valence-electron chi connectivity index (χ1n) is 6.15. The third-order valence-corrected chi connectivity index (χ3v) is 3.09. The fourth-order valence-electron chi connectivity index (χ4n) is 1.57. The number of rotatable bonds is 6. The highest BCUT2D eigenvalue weighted by Crippen LogP contribution is 2.21. The van der Waals surface area contributed by atoms with Crippen LogP contribution in [0.3, 0.4) is 0 Å². The molecule has 0 unspecified atom stereocenters. The number of hydrogen-bond acceptors (Lipinski definition) is 3. The third-order valence-electron chi connectivity index (χ3n) is 2.59. The van der Waals surface area contributed by atoms with Crippen LogP contribution in [-0.2, 0) is 9.53 Å². The maximum Gasteiger partial charge on any atom is 0.337 e. The standard InChI is InChI=1S/C15H16BrNO4/c1-3-10(5-4-8-21-2)14(18)17-13-7-6-11(16)9-12(13)15(19)20/h3-7,9H,8H2,1-2H3,(H,17,18)(H,19,20)/b5-4-,10-3+. The van der Waals surface area contributed by atoms with Crippen molar-refractivity contribution in [3.63, 3.8) is 0 Å². The predicted molar refractivity (Wildman–Crippen MR) is 84.5 cm³/mol. The van der Waals surface area contributed by atoms with Crippen LogP contribution >= 0.6 is 15.9 Å². The van der Waals surface area contributed by atoms with Crippen molar-refractivity contribution in [3.8, 4) is 0 Å². The molecule has 21 heavy (non-hydrogen) atoms. The number of carboxylic acids is 1. The molecular weight excluding hydrogens is 338 g/mol. The molecule has 0 aliphatic rings. The molecule has 0 aliphatic carbocycles. The Labute approximate surface area is 131 Å². The molecular formula is C15H16BrNO4. The van der Waals surface area contributed by atoms with Crippen LogP contribution in [0.1, 0.15) is 17.3 Å². The lowest BCUT2D eigenvalue weighted by Crippen LogP contribution is -2.16. The van der Waals surface area contributed by atoms with Gasteiger partial charge in [-0.05, 0) is 25.1 Å². The van der Waals surface area contributed by atoms with Gasteiger partial charge in [-0.1, -0.05) is 34.2 Å². The number of ether oxygens (including phenoxy) is 1. The molecule has 0 bridgehead atoms. The van der Waals surface area contributed by atoms with Gasteiger partial charge in [0.15, 0.2) is 0 Å². The lowest BCUT2D eigenvalue weighted by molar-refractivity contribution is -0.112. The monoisotopic (exact) mass is 353 g/mol. The van der Waals surface area contributed by atoms with E-state index in [0.29, 0.717) is 16.7 Å². The van der Waals surface area contributed by atoms with E-state index >= 15 is 0 Å². The third kappa shape index (κ3) is 5.17. The van der Waals surface area contributed by atoms with Crippen LogP contribution in [0.4, 0.5) is 5.69 Å². The van der Waals surface area contributed by atoms with E-state index in [-0.39, 0.29) is 17.2 Å². The summed E-state index contributed by atoms with van der Waals surface area (Å²) in [5.41, 5.74) is 0.690. The number of halogens is 1. The normalized spacial score (nSPS) is 11.7. The number of carbonyl (C=O) groups is 2. The van der Waals surface area contributed by atoms with Crippen LogP contribution < -0.4 is 5.32 Å². The van der Waals surface area contributed by atoms with Crippen LogP contribution in [0.2, 0.25) is 0 Å². The average molecular weight is 354 g/mol. The van der Waals surface area contributed by atoms with E-state index in [1.54, 1.807) is 38.3 Å². The molecule has 1 aromatic rings. The van der Waals surface area contributed by atoms with Crippen molar-refractivity contribution in [3.05, 3.63) is 52.0 Å². The van der Waals surface area contributed by atoms with Gasteiger partial charge in [-0.15, -0.1) is 0 Å². The van der Waals surface area contributed by atoms with Gasteiger partial charge >= 0.3 is 5.97 Å². The Morgan fingerprint density at radius 1 is 1.43 bits per heavy atom. The van der Waals surface area contributed by atoms with Crippen molar-refractivity contribution >= 4 is 33.5 Å². The number of carboxylic acid groups (broad SMARTS) is 1. The highest BCUT2D eigenvalue weighted by molar-refractivity contribution is 9.10. The molecule has 2 N–H and O–H groups in total. The van der Waals surface area contributed by atoms with Gasteiger partial charge in [-0.25, -0.2) is 4.79 Å². The number of amides is 1. The Bertz CT molecular complexity index is 593. The minimum Gasteiger partial charge on any atom is -0.478 e. The topological polar surface area (TPSA) is 75.6 Å². The molecule has 0 heterocycles. The largest absolute Gasteiger partial charge is 0.478 e. The van der Waals surface area contributed by atoms with E-state index < -0.39 is 5.97 Å². The molecule has 0 aliphatic heterocycles. The summed E-state index contributed by atoms with van der Waals surface area (Å²) in [5, 5.41) is 11.8. The maximum atomic E-state index is 12.1. The molecule has 1 aromatic carbocycles. The second-order valence-electron chi connectivity index (χ2n) is 4.05. The van der Waals surface area contributed by atoms with E-state index in [9.17, 15) is 9.59 Å². The first-order valence-corrected chi connectivity index (χ1v) is 6.95. The lowest BCUT2D eigenvalue weighted by atomic mass is 10.1. The van der Waals surface area contributed by atoms with Crippen molar-refractivity contribution in [1.29, 1.82) is 0 Å². The number of benzene rings is 1. The number of allylic oxidation sites excluding steroid dienone is 1. The summed E-state index contributed by atoms with van der Waals surface area (Å²) in [6.45, 7) is 2.12. The Hall–Kier alpha value is -1.92. The number of carbonyl (C=O) groups excluding carboxylic acids is 1. The Morgan fingerprint density at radius 3 is 2.71 bits per heavy atom. The van der Waals surface area contributed by atoms with Crippen LogP contribution in [0.15, 0.2) is 46.5 Å².